The van der Waals surface area contributed by atoms with E-state index in [0.29, 0.717) is 11.5 Å². The summed E-state index contributed by atoms with van der Waals surface area (Å²) in [5.41, 5.74) is 1.08. The topological polar surface area (TPSA) is 64.6 Å². The molecule has 23 heavy (non-hydrogen) atoms. The highest BCUT2D eigenvalue weighted by Crippen LogP contribution is 2.26. The highest BCUT2D eigenvalue weighted by Gasteiger charge is 2.15. The van der Waals surface area contributed by atoms with Crippen LogP contribution in [0.2, 0.25) is 5.02 Å². The van der Waals surface area contributed by atoms with Gasteiger partial charge in [-0.2, -0.15) is 0 Å². The Morgan fingerprint density at radius 2 is 1.96 bits per heavy atom. The molecule has 0 aliphatic rings. The fourth-order valence-corrected chi connectivity index (χ4v) is 3.31. The van der Waals surface area contributed by atoms with Gasteiger partial charge in [0.25, 0.3) is 0 Å². The minimum atomic E-state index is -3.64. The van der Waals surface area contributed by atoms with Crippen LogP contribution in [0.4, 0.5) is 0 Å². The molecule has 0 spiro atoms. The second-order valence-corrected chi connectivity index (χ2v) is 7.03. The largest absolute Gasteiger partial charge is 0.495 e. The number of rotatable bonds is 7. The van der Waals surface area contributed by atoms with Gasteiger partial charge in [0.1, 0.15) is 18.1 Å². The van der Waals surface area contributed by atoms with Crippen molar-refractivity contribution in [2.45, 2.75) is 11.8 Å². The van der Waals surface area contributed by atoms with Crippen LogP contribution in [0.25, 0.3) is 0 Å². The molecule has 124 valence electrons. The van der Waals surface area contributed by atoms with Gasteiger partial charge in [-0.3, -0.25) is 0 Å². The van der Waals surface area contributed by atoms with E-state index in [1.165, 1.54) is 25.3 Å². The average molecular weight is 356 g/mol. The summed E-state index contributed by atoms with van der Waals surface area (Å²) in [7, 11) is -2.17. The van der Waals surface area contributed by atoms with Gasteiger partial charge >= 0.3 is 0 Å². The van der Waals surface area contributed by atoms with Gasteiger partial charge in [-0.1, -0.05) is 23.7 Å². The second kappa shape index (κ2) is 7.68. The molecule has 0 radical (unpaired) electrons. The van der Waals surface area contributed by atoms with Crippen LogP contribution in [0.1, 0.15) is 5.56 Å². The first-order valence-corrected chi connectivity index (χ1v) is 8.81. The van der Waals surface area contributed by atoms with Gasteiger partial charge in [-0.05, 0) is 42.8 Å². The fraction of sp³-hybridized carbons (Fsp3) is 0.250. The van der Waals surface area contributed by atoms with Crippen molar-refractivity contribution >= 4 is 21.6 Å². The summed E-state index contributed by atoms with van der Waals surface area (Å²) < 4.78 is 37.3. The van der Waals surface area contributed by atoms with Crippen molar-refractivity contribution in [3.63, 3.8) is 0 Å². The predicted molar refractivity (Wildman–Crippen MR) is 89.9 cm³/mol. The van der Waals surface area contributed by atoms with Crippen molar-refractivity contribution < 1.29 is 17.9 Å². The van der Waals surface area contributed by atoms with Gasteiger partial charge in [-0.15, -0.1) is 0 Å². The first kappa shape index (κ1) is 17.6. The molecular weight excluding hydrogens is 338 g/mol. The smallest absolute Gasteiger partial charge is 0.240 e. The van der Waals surface area contributed by atoms with E-state index in [4.69, 9.17) is 21.1 Å². The molecule has 0 heterocycles. The van der Waals surface area contributed by atoms with Crippen molar-refractivity contribution in [2.75, 3.05) is 20.3 Å². The van der Waals surface area contributed by atoms with Crippen LogP contribution in [-0.2, 0) is 10.0 Å². The number of halogens is 1. The molecule has 0 fully saturated rings. The number of methoxy groups -OCH3 is 1. The highest BCUT2D eigenvalue weighted by molar-refractivity contribution is 7.89. The van der Waals surface area contributed by atoms with Gasteiger partial charge in [0.2, 0.25) is 10.0 Å². The Hall–Kier alpha value is -1.76. The summed E-state index contributed by atoms with van der Waals surface area (Å²) in [6.45, 7) is 2.34. The van der Waals surface area contributed by atoms with Gasteiger partial charge in [-0.25, -0.2) is 13.1 Å². The summed E-state index contributed by atoms with van der Waals surface area (Å²) in [4.78, 5) is 0.0823. The van der Waals surface area contributed by atoms with Crippen LogP contribution >= 0.6 is 11.6 Å². The molecule has 0 atom stereocenters. The Balaban J connectivity index is 1.92. The summed E-state index contributed by atoms with van der Waals surface area (Å²) in [5.74, 6) is 1.13. The number of ether oxygens (including phenoxy) is 2. The molecule has 0 unspecified atom stereocenters. The third-order valence-corrected chi connectivity index (χ3v) is 4.84. The zero-order valence-corrected chi connectivity index (χ0v) is 14.4. The Bertz CT molecular complexity index is 777. The number of nitrogens with one attached hydrogen (secondary N) is 1. The Morgan fingerprint density at radius 1 is 1.17 bits per heavy atom. The van der Waals surface area contributed by atoms with Crippen LogP contribution in [0.15, 0.2) is 47.4 Å². The van der Waals surface area contributed by atoms with Gasteiger partial charge in [0, 0.05) is 6.54 Å². The zero-order chi connectivity index (χ0) is 16.9. The standard InChI is InChI=1S/C16H18ClNO4S/c1-12-4-3-5-13(10-12)22-9-8-18-23(19,20)14-6-7-16(21-2)15(17)11-14/h3-7,10-11,18H,8-9H2,1-2H3. The SMILES string of the molecule is COc1ccc(S(=O)(=O)NCCOc2cccc(C)c2)cc1Cl. The molecule has 0 aliphatic carbocycles. The van der Waals surface area contributed by atoms with Crippen LogP contribution in [-0.4, -0.2) is 28.7 Å². The molecule has 0 aliphatic heterocycles. The maximum Gasteiger partial charge on any atom is 0.240 e. The molecule has 0 bridgehead atoms. The summed E-state index contributed by atoms with van der Waals surface area (Å²) in [5, 5.41) is 0.242. The van der Waals surface area contributed by atoms with Crippen molar-refractivity contribution in [1.29, 1.82) is 0 Å². The van der Waals surface area contributed by atoms with E-state index in [1.54, 1.807) is 0 Å². The Kier molecular flexibility index (Phi) is 5.87. The van der Waals surface area contributed by atoms with E-state index in [9.17, 15) is 8.42 Å². The summed E-state index contributed by atoms with van der Waals surface area (Å²) >= 11 is 5.95. The number of benzene rings is 2. The first-order valence-electron chi connectivity index (χ1n) is 6.95. The molecule has 7 heteroatoms. The molecule has 0 saturated heterocycles. The average Bonchev–Trinajstić information content (AvgIpc) is 2.51. The lowest BCUT2D eigenvalue weighted by atomic mass is 10.2. The first-order chi connectivity index (χ1) is 10.9. The van der Waals surface area contributed by atoms with E-state index in [2.05, 4.69) is 4.72 Å². The minimum absolute atomic E-state index is 0.0823. The van der Waals surface area contributed by atoms with E-state index < -0.39 is 10.0 Å². The monoisotopic (exact) mass is 355 g/mol. The van der Waals surface area contributed by atoms with Crippen molar-refractivity contribution in [3.8, 4) is 11.5 Å². The lowest BCUT2D eigenvalue weighted by Crippen LogP contribution is -2.28. The third kappa shape index (κ3) is 4.86. The van der Waals surface area contributed by atoms with Gasteiger partial charge in [0.15, 0.2) is 0 Å². The van der Waals surface area contributed by atoms with Crippen LogP contribution in [0.3, 0.4) is 0 Å². The van der Waals surface area contributed by atoms with Crippen LogP contribution in [0, 0.1) is 6.92 Å². The van der Waals surface area contributed by atoms with Crippen LogP contribution in [0.5, 0.6) is 11.5 Å². The van der Waals surface area contributed by atoms with Gasteiger partial charge < -0.3 is 9.47 Å². The molecule has 2 aromatic rings. The van der Waals surface area contributed by atoms with Crippen LogP contribution < -0.4 is 14.2 Å². The van der Waals surface area contributed by atoms with Crippen molar-refractivity contribution in [1.82, 2.24) is 4.72 Å². The summed E-state index contributed by atoms with van der Waals surface area (Å²) in [6.07, 6.45) is 0. The molecule has 2 aromatic carbocycles. The maximum atomic E-state index is 12.2. The third-order valence-electron chi connectivity index (χ3n) is 3.09. The highest BCUT2D eigenvalue weighted by atomic mass is 35.5. The fourth-order valence-electron chi connectivity index (χ4n) is 1.95. The van der Waals surface area contributed by atoms with Crippen molar-refractivity contribution in [2.24, 2.45) is 0 Å². The molecule has 0 aromatic heterocycles. The second-order valence-electron chi connectivity index (χ2n) is 4.86. The van der Waals surface area contributed by atoms with E-state index in [-0.39, 0.29) is 23.1 Å². The molecule has 0 saturated carbocycles. The van der Waals surface area contributed by atoms with E-state index in [1.807, 2.05) is 31.2 Å². The molecular formula is C16H18ClNO4S. The summed E-state index contributed by atoms with van der Waals surface area (Å²) in [6, 6.07) is 11.9. The number of hydrogen-bond acceptors (Lipinski definition) is 4. The minimum Gasteiger partial charge on any atom is -0.495 e. The quantitative estimate of drug-likeness (QED) is 0.775. The normalized spacial score (nSPS) is 11.3. The van der Waals surface area contributed by atoms with E-state index >= 15 is 0 Å². The lowest BCUT2D eigenvalue weighted by molar-refractivity contribution is 0.322. The molecule has 1 N–H and O–H groups in total. The Labute approximate surface area is 141 Å². The molecule has 0 amide bonds. The van der Waals surface area contributed by atoms with Gasteiger partial charge in [0.05, 0.1) is 17.0 Å². The number of hydrogen-bond donors (Lipinski definition) is 1. The molecule has 5 nitrogen and oxygen atoms in total. The predicted octanol–water partition coefficient (Wildman–Crippen LogP) is 3.01. The lowest BCUT2D eigenvalue weighted by Gasteiger charge is -2.10. The Morgan fingerprint density at radius 3 is 2.61 bits per heavy atom. The maximum absolute atomic E-state index is 12.2. The number of aryl methyl sites for hydroxylation is 1. The van der Waals surface area contributed by atoms with E-state index in [0.717, 1.165) is 5.56 Å². The van der Waals surface area contributed by atoms with Crippen molar-refractivity contribution in [3.05, 3.63) is 53.1 Å². The molecule has 2 rings (SSSR count). The zero-order valence-electron chi connectivity index (χ0n) is 12.9. The number of sulfonamides is 1.